The van der Waals surface area contributed by atoms with Crippen LogP contribution in [0.4, 0.5) is 26.3 Å². The number of rotatable bonds is 8. The van der Waals surface area contributed by atoms with E-state index in [1.165, 1.54) is 75.2 Å². The van der Waals surface area contributed by atoms with Crippen LogP contribution in [0.5, 0.6) is 11.5 Å². The molecule has 0 N–H and O–H groups in total. The summed E-state index contributed by atoms with van der Waals surface area (Å²) in [6.45, 7) is 3.85. The monoisotopic (exact) mass is 799 g/mol. The SMILES string of the molecule is Cc1nnc(Cn2c(=O)oc3ccc(-c4ccc(OC(F)(F)F)cc4)nc32)s1.Cc1oncc1Cn1c(=O)oc2ccc(-c3ccc(OC(F)(F)F)cc3)nc21. The fourth-order valence-corrected chi connectivity index (χ4v) is 6.02. The van der Waals surface area contributed by atoms with Crippen molar-refractivity contribution in [1.82, 2.24) is 34.5 Å². The highest BCUT2D eigenvalue weighted by Gasteiger charge is 2.32. The first-order valence-electron chi connectivity index (χ1n) is 16.0. The lowest BCUT2D eigenvalue weighted by atomic mass is 10.1. The largest absolute Gasteiger partial charge is 0.573 e. The molecule has 0 radical (unpaired) electrons. The highest BCUT2D eigenvalue weighted by molar-refractivity contribution is 7.11. The number of hydrogen-bond acceptors (Lipinski definition) is 13. The van der Waals surface area contributed by atoms with Crippen LogP contribution in [0.15, 0.2) is 102 Å². The summed E-state index contributed by atoms with van der Waals surface area (Å²) in [6, 6.07) is 17.0. The third-order valence-electron chi connectivity index (χ3n) is 7.83. The third-order valence-corrected chi connectivity index (χ3v) is 8.66. The van der Waals surface area contributed by atoms with Crippen LogP contribution < -0.4 is 21.0 Å². The Morgan fingerprint density at radius 1 is 0.661 bits per heavy atom. The van der Waals surface area contributed by atoms with E-state index in [0.717, 1.165) is 5.01 Å². The molecular formula is C35H23F6N7O7S. The number of nitrogens with zero attached hydrogens (tertiary/aromatic N) is 7. The van der Waals surface area contributed by atoms with Gasteiger partial charge in [0.05, 0.1) is 30.7 Å². The van der Waals surface area contributed by atoms with Gasteiger partial charge in [-0.1, -0.05) is 16.5 Å². The summed E-state index contributed by atoms with van der Waals surface area (Å²) in [5, 5.41) is 13.0. The molecule has 14 nitrogen and oxygen atoms in total. The second-order valence-corrected chi connectivity index (χ2v) is 13.0. The van der Waals surface area contributed by atoms with E-state index in [4.69, 9.17) is 13.4 Å². The van der Waals surface area contributed by atoms with Crippen molar-refractivity contribution in [3.63, 3.8) is 0 Å². The molecule has 8 aromatic rings. The third kappa shape index (κ3) is 8.62. The van der Waals surface area contributed by atoms with Crippen molar-refractivity contribution >= 4 is 33.8 Å². The Hall–Kier alpha value is -6.77. The molecule has 0 spiro atoms. The maximum Gasteiger partial charge on any atom is 0.573 e. The summed E-state index contributed by atoms with van der Waals surface area (Å²) in [6.07, 6.45) is -8.01. The van der Waals surface area contributed by atoms with Crippen molar-refractivity contribution in [1.29, 1.82) is 0 Å². The number of oxazole rings is 2. The van der Waals surface area contributed by atoms with Crippen molar-refractivity contribution in [3.8, 4) is 34.0 Å². The minimum atomic E-state index is -4.76. The van der Waals surface area contributed by atoms with E-state index in [1.54, 1.807) is 38.1 Å². The van der Waals surface area contributed by atoms with E-state index in [1.807, 2.05) is 0 Å². The lowest BCUT2D eigenvalue weighted by Crippen LogP contribution is -2.17. The van der Waals surface area contributed by atoms with Gasteiger partial charge >= 0.3 is 24.2 Å². The molecule has 0 aliphatic heterocycles. The Morgan fingerprint density at radius 2 is 1.14 bits per heavy atom. The van der Waals surface area contributed by atoms with Gasteiger partial charge in [0.2, 0.25) is 0 Å². The summed E-state index contributed by atoms with van der Waals surface area (Å²) in [5.74, 6) is -1.27. The molecule has 0 saturated carbocycles. The second-order valence-electron chi connectivity index (χ2n) is 11.7. The molecule has 0 aliphatic rings. The fraction of sp³-hybridized carbons (Fsp3) is 0.171. The van der Waals surface area contributed by atoms with Gasteiger partial charge in [0.25, 0.3) is 0 Å². The summed E-state index contributed by atoms with van der Waals surface area (Å²) in [4.78, 5) is 33.2. The van der Waals surface area contributed by atoms with Gasteiger partial charge in [-0.3, -0.25) is 9.13 Å². The van der Waals surface area contributed by atoms with Crippen molar-refractivity contribution in [2.45, 2.75) is 39.7 Å². The number of alkyl halides is 6. The van der Waals surface area contributed by atoms with Crippen molar-refractivity contribution in [2.24, 2.45) is 0 Å². The molecule has 21 heteroatoms. The van der Waals surface area contributed by atoms with Gasteiger partial charge in [-0.25, -0.2) is 19.6 Å². The molecule has 2 aromatic carbocycles. The van der Waals surface area contributed by atoms with Crippen molar-refractivity contribution in [2.75, 3.05) is 0 Å². The Balaban J connectivity index is 0.000000172. The van der Waals surface area contributed by atoms with Crippen LogP contribution in [0.25, 0.3) is 45.0 Å². The Kier molecular flexibility index (Phi) is 9.93. The summed E-state index contributed by atoms with van der Waals surface area (Å²) < 4.78 is 99.5. The number of aromatic nitrogens is 7. The first kappa shape index (κ1) is 37.5. The smallest absolute Gasteiger partial charge is 0.406 e. The Morgan fingerprint density at radius 3 is 1.55 bits per heavy atom. The van der Waals surface area contributed by atoms with Crippen LogP contribution in [0, 0.1) is 13.8 Å². The zero-order valence-electron chi connectivity index (χ0n) is 28.6. The predicted molar refractivity (Wildman–Crippen MR) is 185 cm³/mol. The quantitative estimate of drug-likeness (QED) is 0.138. The standard InChI is InChI=1S/C18H12F3N3O4.C17H11F3N4O3S/c1-10-12(8-22-28-10)9-24-16-15(26-17(24)25)7-6-14(23-16)11-2-4-13(5-3-11)27-18(19,20)21;1-9-22-23-14(28-9)8-24-15-13(26-16(24)25)7-6-12(21-15)10-2-4-11(5-3-10)27-17(18,19)20/h2-8H,9H2,1H3;2-7H,8H2,1H3. The second kappa shape index (κ2) is 14.8. The van der Waals surface area contributed by atoms with Crippen molar-refractivity contribution in [3.05, 3.63) is 121 Å². The van der Waals surface area contributed by atoms with Crippen LogP contribution >= 0.6 is 11.3 Å². The molecule has 0 atom stereocenters. The highest BCUT2D eigenvalue weighted by atomic mass is 32.1. The molecule has 288 valence electrons. The maximum atomic E-state index is 12.3. The molecule has 0 aliphatic carbocycles. The van der Waals surface area contributed by atoms with E-state index in [2.05, 4.69) is 34.8 Å². The van der Waals surface area contributed by atoms with Gasteiger partial charge in [-0.2, -0.15) is 0 Å². The maximum absolute atomic E-state index is 12.3. The average Bonchev–Trinajstić information content (AvgIpc) is 3.90. The molecule has 56 heavy (non-hydrogen) atoms. The molecule has 0 bridgehead atoms. The molecule has 6 heterocycles. The molecular weight excluding hydrogens is 776 g/mol. The van der Waals surface area contributed by atoms with Gasteiger partial charge in [0.15, 0.2) is 22.5 Å². The van der Waals surface area contributed by atoms with Crippen LogP contribution in [-0.2, 0) is 13.1 Å². The predicted octanol–water partition coefficient (Wildman–Crippen LogP) is 7.66. The molecule has 0 saturated heterocycles. The number of fused-ring (bicyclic) bond motifs is 2. The Labute approximate surface area is 312 Å². The zero-order chi connectivity index (χ0) is 39.8. The highest BCUT2D eigenvalue weighted by Crippen LogP contribution is 2.29. The number of aryl methyl sites for hydroxylation is 2. The fourth-order valence-electron chi connectivity index (χ4n) is 5.32. The number of halogens is 6. The van der Waals surface area contributed by atoms with E-state index < -0.39 is 24.2 Å². The van der Waals surface area contributed by atoms with Crippen LogP contribution in [0.2, 0.25) is 0 Å². The van der Waals surface area contributed by atoms with Crippen molar-refractivity contribution < 1.29 is 49.2 Å². The molecule has 0 fully saturated rings. The zero-order valence-corrected chi connectivity index (χ0v) is 29.4. The van der Waals surface area contributed by atoms with Gasteiger partial charge < -0.3 is 22.8 Å². The number of ether oxygens (including phenoxy) is 2. The average molecular weight is 800 g/mol. The van der Waals surface area contributed by atoms with E-state index in [-0.39, 0.29) is 24.6 Å². The van der Waals surface area contributed by atoms with Gasteiger partial charge in [-0.15, -0.1) is 36.5 Å². The number of hydrogen-bond donors (Lipinski definition) is 0. The van der Waals surface area contributed by atoms with Gasteiger partial charge in [0.1, 0.15) is 27.3 Å². The minimum Gasteiger partial charge on any atom is -0.406 e. The number of benzene rings is 2. The molecule has 6 aromatic heterocycles. The van der Waals surface area contributed by atoms with E-state index >= 15 is 0 Å². The van der Waals surface area contributed by atoms with Crippen LogP contribution in [-0.4, -0.2) is 47.2 Å². The van der Waals surface area contributed by atoms with Crippen LogP contribution in [0.3, 0.4) is 0 Å². The van der Waals surface area contributed by atoms with Gasteiger partial charge in [-0.05, 0) is 86.6 Å². The lowest BCUT2D eigenvalue weighted by molar-refractivity contribution is -0.275. The number of pyridine rings is 2. The van der Waals surface area contributed by atoms with E-state index in [9.17, 15) is 35.9 Å². The normalized spacial score (nSPS) is 11.9. The first-order chi connectivity index (χ1) is 26.6. The molecule has 8 rings (SSSR count). The minimum absolute atomic E-state index is 0.159. The Bertz CT molecular complexity index is 2770. The molecule has 0 unspecified atom stereocenters. The summed E-state index contributed by atoms with van der Waals surface area (Å²) in [7, 11) is 0. The molecule has 0 amide bonds. The van der Waals surface area contributed by atoms with E-state index in [0.29, 0.717) is 61.3 Å². The topological polar surface area (TPSA) is 166 Å². The van der Waals surface area contributed by atoms with Crippen LogP contribution in [0.1, 0.15) is 21.3 Å². The lowest BCUT2D eigenvalue weighted by Gasteiger charge is -2.09. The summed E-state index contributed by atoms with van der Waals surface area (Å²) in [5.41, 5.74) is 3.94. The van der Waals surface area contributed by atoms with Gasteiger partial charge in [0, 0.05) is 16.7 Å². The summed E-state index contributed by atoms with van der Waals surface area (Å²) >= 11 is 1.35. The first-order valence-corrected chi connectivity index (χ1v) is 16.8.